The lowest BCUT2D eigenvalue weighted by molar-refractivity contribution is 0.142. The van der Waals surface area contributed by atoms with Gasteiger partial charge in [-0.25, -0.2) is 0 Å². The zero-order valence-electron chi connectivity index (χ0n) is 13.8. The average molecular weight is 288 g/mol. The Labute approximate surface area is 128 Å². The van der Waals surface area contributed by atoms with Crippen molar-refractivity contribution in [2.24, 2.45) is 0 Å². The number of aryl methyl sites for hydroxylation is 1. The molecule has 1 heterocycles. The van der Waals surface area contributed by atoms with E-state index in [1.54, 1.807) is 0 Å². The summed E-state index contributed by atoms with van der Waals surface area (Å²) in [5, 5.41) is 4.85. The molecule has 116 valence electrons. The molecule has 3 nitrogen and oxygen atoms in total. The van der Waals surface area contributed by atoms with Crippen LogP contribution in [0.4, 0.5) is 0 Å². The highest BCUT2D eigenvalue weighted by Crippen LogP contribution is 2.18. The lowest BCUT2D eigenvalue weighted by Crippen LogP contribution is -2.35. The summed E-state index contributed by atoms with van der Waals surface area (Å²) in [7, 11) is 0. The summed E-state index contributed by atoms with van der Waals surface area (Å²) in [4.78, 5) is 0. The normalized spacial score (nSPS) is 12.2. The quantitative estimate of drug-likeness (QED) is 0.781. The fourth-order valence-corrected chi connectivity index (χ4v) is 2.40. The van der Waals surface area contributed by atoms with Gasteiger partial charge in [0.2, 0.25) is 0 Å². The molecule has 0 unspecified atom stereocenters. The summed E-state index contributed by atoms with van der Waals surface area (Å²) in [6, 6.07) is 8.94. The Morgan fingerprint density at radius 1 is 1.19 bits per heavy atom. The summed E-state index contributed by atoms with van der Waals surface area (Å²) in [6.07, 6.45) is 3.24. The molecule has 0 bridgehead atoms. The maximum Gasteiger partial charge on any atom is 0.0482 e. The molecule has 1 aromatic carbocycles. The Balaban J connectivity index is 2.01. The van der Waals surface area contributed by atoms with E-state index in [9.17, 15) is 0 Å². The first-order chi connectivity index (χ1) is 9.99. The number of benzene rings is 1. The van der Waals surface area contributed by atoms with E-state index in [1.807, 2.05) is 6.92 Å². The first kappa shape index (κ1) is 16.1. The van der Waals surface area contributed by atoms with Crippen molar-refractivity contribution in [3.8, 4) is 0 Å². The van der Waals surface area contributed by atoms with E-state index in [2.05, 4.69) is 61.1 Å². The molecule has 0 saturated carbocycles. The molecule has 3 heteroatoms. The second kappa shape index (κ2) is 7.10. The maximum absolute atomic E-state index is 5.41. The number of nitrogens with one attached hydrogen (secondary N) is 1. The van der Waals surface area contributed by atoms with Crippen LogP contribution in [-0.2, 0) is 17.8 Å². The van der Waals surface area contributed by atoms with Crippen molar-refractivity contribution in [3.63, 3.8) is 0 Å². The van der Waals surface area contributed by atoms with Gasteiger partial charge in [0.25, 0.3) is 0 Å². The van der Waals surface area contributed by atoms with Crippen LogP contribution >= 0.6 is 0 Å². The van der Waals surface area contributed by atoms with Crippen LogP contribution < -0.4 is 5.32 Å². The number of fused-ring (bicyclic) bond motifs is 1. The Morgan fingerprint density at radius 3 is 2.71 bits per heavy atom. The van der Waals surface area contributed by atoms with E-state index in [0.717, 1.165) is 32.7 Å². The highest BCUT2D eigenvalue weighted by atomic mass is 16.5. The van der Waals surface area contributed by atoms with Crippen molar-refractivity contribution in [1.29, 1.82) is 0 Å². The van der Waals surface area contributed by atoms with Gasteiger partial charge >= 0.3 is 0 Å². The number of hydrogen-bond acceptors (Lipinski definition) is 2. The van der Waals surface area contributed by atoms with Gasteiger partial charge in [0.1, 0.15) is 0 Å². The fourth-order valence-electron chi connectivity index (χ4n) is 2.40. The van der Waals surface area contributed by atoms with Crippen molar-refractivity contribution in [1.82, 2.24) is 9.88 Å². The van der Waals surface area contributed by atoms with Crippen molar-refractivity contribution >= 4 is 10.9 Å². The molecule has 1 aromatic heterocycles. The summed E-state index contributed by atoms with van der Waals surface area (Å²) >= 11 is 0. The molecule has 21 heavy (non-hydrogen) atoms. The molecule has 2 aromatic rings. The summed E-state index contributed by atoms with van der Waals surface area (Å²) in [6.45, 7) is 12.2. The first-order valence-corrected chi connectivity index (χ1v) is 7.90. The van der Waals surface area contributed by atoms with Gasteiger partial charge in [-0.2, -0.15) is 0 Å². The third-order valence-electron chi connectivity index (χ3n) is 3.55. The Morgan fingerprint density at radius 2 is 2.00 bits per heavy atom. The lowest BCUT2D eigenvalue weighted by atomic mass is 10.1. The Kier molecular flexibility index (Phi) is 5.43. The minimum Gasteiger partial charge on any atom is -0.382 e. The molecule has 0 aliphatic carbocycles. The molecule has 2 rings (SSSR count). The van der Waals surface area contributed by atoms with Crippen molar-refractivity contribution in [2.75, 3.05) is 13.2 Å². The van der Waals surface area contributed by atoms with Crippen LogP contribution in [0.15, 0.2) is 30.5 Å². The third kappa shape index (κ3) is 4.87. The largest absolute Gasteiger partial charge is 0.382 e. The molecule has 0 aliphatic rings. The van der Waals surface area contributed by atoms with Gasteiger partial charge in [0.05, 0.1) is 0 Å². The van der Waals surface area contributed by atoms with E-state index in [0.29, 0.717) is 0 Å². The van der Waals surface area contributed by atoms with Gasteiger partial charge < -0.3 is 14.6 Å². The molecule has 0 fully saturated rings. The van der Waals surface area contributed by atoms with Crippen molar-refractivity contribution in [3.05, 3.63) is 36.0 Å². The molecule has 0 aliphatic heterocycles. The van der Waals surface area contributed by atoms with E-state index in [1.165, 1.54) is 16.5 Å². The fraction of sp³-hybridized carbons (Fsp3) is 0.556. The number of aromatic nitrogens is 1. The van der Waals surface area contributed by atoms with Crippen LogP contribution in [-0.4, -0.2) is 23.3 Å². The van der Waals surface area contributed by atoms with Crippen LogP contribution in [0, 0.1) is 0 Å². The SMILES string of the molecule is CCOCCCn1ccc2cc(CNC(C)(C)C)ccc21. The number of rotatable bonds is 7. The van der Waals surface area contributed by atoms with Gasteiger partial charge in [-0.15, -0.1) is 0 Å². The summed E-state index contributed by atoms with van der Waals surface area (Å²) < 4.78 is 7.72. The molecular weight excluding hydrogens is 260 g/mol. The van der Waals surface area contributed by atoms with Crippen LogP contribution in [0.3, 0.4) is 0 Å². The number of hydrogen-bond donors (Lipinski definition) is 1. The highest BCUT2D eigenvalue weighted by molar-refractivity contribution is 5.80. The molecular formula is C18H28N2O. The topological polar surface area (TPSA) is 26.2 Å². The average Bonchev–Trinajstić information content (AvgIpc) is 2.83. The summed E-state index contributed by atoms with van der Waals surface area (Å²) in [5.74, 6) is 0. The second-order valence-electron chi connectivity index (χ2n) is 6.56. The molecule has 0 atom stereocenters. The number of ether oxygens (including phenoxy) is 1. The second-order valence-corrected chi connectivity index (χ2v) is 6.56. The van der Waals surface area contributed by atoms with E-state index in [-0.39, 0.29) is 5.54 Å². The predicted octanol–water partition coefficient (Wildman–Crippen LogP) is 3.96. The first-order valence-electron chi connectivity index (χ1n) is 7.90. The van der Waals surface area contributed by atoms with E-state index >= 15 is 0 Å². The predicted molar refractivity (Wildman–Crippen MR) is 89.6 cm³/mol. The van der Waals surface area contributed by atoms with Gasteiger partial charge in [0, 0.05) is 43.6 Å². The smallest absolute Gasteiger partial charge is 0.0482 e. The molecule has 0 spiro atoms. The van der Waals surface area contributed by atoms with Gasteiger partial charge in [0.15, 0.2) is 0 Å². The van der Waals surface area contributed by atoms with Crippen LogP contribution in [0.2, 0.25) is 0 Å². The zero-order valence-corrected chi connectivity index (χ0v) is 13.8. The van der Waals surface area contributed by atoms with Crippen LogP contribution in [0.5, 0.6) is 0 Å². The van der Waals surface area contributed by atoms with Gasteiger partial charge in [-0.1, -0.05) is 6.07 Å². The molecule has 0 amide bonds. The van der Waals surface area contributed by atoms with Crippen LogP contribution in [0.25, 0.3) is 10.9 Å². The minimum absolute atomic E-state index is 0.153. The maximum atomic E-state index is 5.41. The minimum atomic E-state index is 0.153. The number of nitrogens with zero attached hydrogens (tertiary/aromatic N) is 1. The lowest BCUT2D eigenvalue weighted by Gasteiger charge is -2.20. The zero-order chi connectivity index (χ0) is 15.3. The van der Waals surface area contributed by atoms with Gasteiger partial charge in [-0.3, -0.25) is 0 Å². The molecule has 0 radical (unpaired) electrons. The standard InChI is InChI=1S/C18H28N2O/c1-5-21-12-6-10-20-11-9-16-13-15(7-8-17(16)20)14-19-18(2,3)4/h7-9,11,13,19H,5-6,10,12,14H2,1-4H3. The van der Waals surface area contributed by atoms with Crippen molar-refractivity contribution < 1.29 is 4.74 Å². The van der Waals surface area contributed by atoms with Crippen LogP contribution in [0.1, 0.15) is 39.7 Å². The van der Waals surface area contributed by atoms with Gasteiger partial charge in [-0.05, 0) is 63.3 Å². The Hall–Kier alpha value is -1.32. The van der Waals surface area contributed by atoms with E-state index < -0.39 is 0 Å². The van der Waals surface area contributed by atoms with E-state index in [4.69, 9.17) is 4.74 Å². The summed E-state index contributed by atoms with van der Waals surface area (Å²) in [5.41, 5.74) is 2.80. The molecule has 1 N–H and O–H groups in total. The Bertz CT molecular complexity index is 566. The third-order valence-corrected chi connectivity index (χ3v) is 3.55. The monoisotopic (exact) mass is 288 g/mol. The highest BCUT2D eigenvalue weighted by Gasteiger charge is 2.09. The van der Waals surface area contributed by atoms with Crippen molar-refractivity contribution in [2.45, 2.75) is 52.7 Å². The molecule has 0 saturated heterocycles.